The lowest BCUT2D eigenvalue weighted by atomic mass is 10.2. The van der Waals surface area contributed by atoms with Gasteiger partial charge in [0.25, 0.3) is 0 Å². The summed E-state index contributed by atoms with van der Waals surface area (Å²) in [5.74, 6) is 1.08. The molecule has 2 aliphatic rings. The minimum absolute atomic E-state index is 0.702. The van der Waals surface area contributed by atoms with Crippen LogP contribution in [-0.4, -0.2) is 23.6 Å². The number of halogens is 1. The summed E-state index contributed by atoms with van der Waals surface area (Å²) in [6.45, 7) is 4.08. The zero-order chi connectivity index (χ0) is 12.5. The Balaban J connectivity index is 1.74. The van der Waals surface area contributed by atoms with Crippen LogP contribution in [0, 0.1) is 0 Å². The zero-order valence-corrected chi connectivity index (χ0v) is 11.6. The molecule has 0 spiro atoms. The minimum atomic E-state index is 0.702. The molecule has 1 heterocycles. The Morgan fingerprint density at radius 3 is 2.78 bits per heavy atom. The van der Waals surface area contributed by atoms with Crippen LogP contribution in [0.15, 0.2) is 12.3 Å². The largest absolute Gasteiger partial charge is 0.354 e. The number of pyridine rings is 1. The van der Waals surface area contributed by atoms with E-state index in [-0.39, 0.29) is 0 Å². The molecule has 2 aliphatic carbocycles. The van der Waals surface area contributed by atoms with Gasteiger partial charge in [0.2, 0.25) is 0 Å². The van der Waals surface area contributed by atoms with E-state index in [9.17, 15) is 0 Å². The number of rotatable bonds is 6. The first-order chi connectivity index (χ1) is 8.78. The molecule has 1 aromatic rings. The number of hydrogen-bond donors (Lipinski definition) is 1. The first kappa shape index (κ1) is 12.2. The molecule has 3 rings (SSSR count). The maximum absolute atomic E-state index is 6.22. The molecule has 1 N–H and O–H groups in total. The molecule has 4 heteroatoms. The molecular formula is C14H20ClN3. The molecule has 0 atom stereocenters. The molecule has 18 heavy (non-hydrogen) atoms. The Labute approximate surface area is 114 Å². The third-order valence-electron chi connectivity index (χ3n) is 3.70. The summed E-state index contributed by atoms with van der Waals surface area (Å²) in [4.78, 5) is 6.87. The van der Waals surface area contributed by atoms with Crippen molar-refractivity contribution < 1.29 is 0 Å². The van der Waals surface area contributed by atoms with E-state index in [4.69, 9.17) is 11.6 Å². The topological polar surface area (TPSA) is 28.2 Å². The molecular weight excluding hydrogens is 246 g/mol. The van der Waals surface area contributed by atoms with Gasteiger partial charge in [0.1, 0.15) is 5.82 Å². The van der Waals surface area contributed by atoms with E-state index in [0.717, 1.165) is 23.9 Å². The number of hydrogen-bond acceptors (Lipinski definition) is 3. The van der Waals surface area contributed by atoms with Crippen molar-refractivity contribution in [2.24, 2.45) is 0 Å². The molecule has 98 valence electrons. The second-order valence-electron chi connectivity index (χ2n) is 5.31. The van der Waals surface area contributed by atoms with Gasteiger partial charge in [-0.25, -0.2) is 4.98 Å². The van der Waals surface area contributed by atoms with Crippen LogP contribution in [0.4, 0.5) is 5.82 Å². The molecule has 0 unspecified atom stereocenters. The van der Waals surface area contributed by atoms with Crippen LogP contribution in [-0.2, 0) is 6.54 Å². The van der Waals surface area contributed by atoms with Crippen LogP contribution < -0.4 is 10.2 Å². The van der Waals surface area contributed by atoms with Gasteiger partial charge in [0.15, 0.2) is 0 Å². The van der Waals surface area contributed by atoms with E-state index in [1.165, 1.54) is 31.2 Å². The highest BCUT2D eigenvalue weighted by atomic mass is 35.5. The van der Waals surface area contributed by atoms with E-state index in [2.05, 4.69) is 28.2 Å². The van der Waals surface area contributed by atoms with Crippen molar-refractivity contribution in [1.29, 1.82) is 0 Å². The smallest absolute Gasteiger partial charge is 0.129 e. The molecule has 0 bridgehead atoms. The summed E-state index contributed by atoms with van der Waals surface area (Å²) < 4.78 is 0. The highest BCUT2D eigenvalue weighted by molar-refractivity contribution is 6.31. The van der Waals surface area contributed by atoms with Crippen LogP contribution in [0.3, 0.4) is 0 Å². The van der Waals surface area contributed by atoms with Gasteiger partial charge in [-0.3, -0.25) is 0 Å². The van der Waals surface area contributed by atoms with Gasteiger partial charge in [0.05, 0.1) is 5.02 Å². The summed E-state index contributed by atoms with van der Waals surface area (Å²) in [6, 6.07) is 3.57. The van der Waals surface area contributed by atoms with Gasteiger partial charge in [-0.05, 0) is 44.2 Å². The molecule has 0 aliphatic heterocycles. The normalized spacial score (nSPS) is 19.0. The molecule has 2 saturated carbocycles. The zero-order valence-electron chi connectivity index (χ0n) is 10.8. The summed E-state index contributed by atoms with van der Waals surface area (Å²) in [7, 11) is 0. The van der Waals surface area contributed by atoms with E-state index < -0.39 is 0 Å². The highest BCUT2D eigenvalue weighted by Crippen LogP contribution is 2.31. The van der Waals surface area contributed by atoms with Crippen LogP contribution in [0.1, 0.15) is 38.2 Å². The van der Waals surface area contributed by atoms with Gasteiger partial charge in [-0.1, -0.05) is 11.6 Å². The SMILES string of the molecule is CCN(c1cc(CNC2CC2)c(Cl)cn1)C1CC1. The third-order valence-corrected chi connectivity index (χ3v) is 4.04. The summed E-state index contributed by atoms with van der Waals surface area (Å²) >= 11 is 6.22. The fourth-order valence-corrected chi connectivity index (χ4v) is 2.47. The first-order valence-electron chi connectivity index (χ1n) is 6.92. The van der Waals surface area contributed by atoms with Crippen molar-refractivity contribution in [2.45, 2.75) is 51.2 Å². The van der Waals surface area contributed by atoms with Crippen molar-refractivity contribution in [3.8, 4) is 0 Å². The summed E-state index contributed by atoms with van der Waals surface area (Å²) in [5.41, 5.74) is 1.17. The van der Waals surface area contributed by atoms with E-state index in [1.807, 2.05) is 0 Å². The average Bonchev–Trinajstić information content (AvgIpc) is 3.24. The Hall–Kier alpha value is -0.800. The van der Waals surface area contributed by atoms with Crippen molar-refractivity contribution in [2.75, 3.05) is 11.4 Å². The lowest BCUT2D eigenvalue weighted by molar-refractivity contribution is 0.686. The molecule has 0 aromatic carbocycles. The van der Waals surface area contributed by atoms with Crippen LogP contribution >= 0.6 is 11.6 Å². The third kappa shape index (κ3) is 2.78. The highest BCUT2D eigenvalue weighted by Gasteiger charge is 2.29. The van der Waals surface area contributed by atoms with Gasteiger partial charge >= 0.3 is 0 Å². The van der Waals surface area contributed by atoms with Crippen LogP contribution in [0.2, 0.25) is 5.02 Å². The molecule has 1 aromatic heterocycles. The lowest BCUT2D eigenvalue weighted by Gasteiger charge is -2.22. The maximum Gasteiger partial charge on any atom is 0.129 e. The van der Waals surface area contributed by atoms with Gasteiger partial charge in [-0.2, -0.15) is 0 Å². The predicted molar refractivity (Wildman–Crippen MR) is 75.2 cm³/mol. The van der Waals surface area contributed by atoms with Crippen LogP contribution in [0.25, 0.3) is 0 Å². The molecule has 2 fully saturated rings. The summed E-state index contributed by atoms with van der Waals surface area (Å²) in [6.07, 6.45) is 7.00. The second kappa shape index (κ2) is 5.06. The predicted octanol–water partition coefficient (Wildman–Crippen LogP) is 2.98. The standard InChI is InChI=1S/C14H20ClN3/c1-2-18(12-5-6-12)14-7-10(13(15)9-17-14)8-16-11-3-4-11/h7,9,11-12,16H,2-6,8H2,1H3. The fraction of sp³-hybridized carbons (Fsp3) is 0.643. The summed E-state index contributed by atoms with van der Waals surface area (Å²) in [5, 5.41) is 4.29. The minimum Gasteiger partial charge on any atom is -0.354 e. The molecule has 0 radical (unpaired) electrons. The monoisotopic (exact) mass is 265 g/mol. The molecule has 0 amide bonds. The number of nitrogens with zero attached hydrogens (tertiary/aromatic N) is 2. The van der Waals surface area contributed by atoms with E-state index in [0.29, 0.717) is 12.1 Å². The Morgan fingerprint density at radius 2 is 2.17 bits per heavy atom. The van der Waals surface area contributed by atoms with Crippen molar-refractivity contribution in [3.63, 3.8) is 0 Å². The second-order valence-corrected chi connectivity index (χ2v) is 5.71. The van der Waals surface area contributed by atoms with Crippen molar-refractivity contribution in [1.82, 2.24) is 10.3 Å². The molecule has 0 saturated heterocycles. The van der Waals surface area contributed by atoms with Gasteiger partial charge < -0.3 is 10.2 Å². The Bertz CT molecular complexity index is 427. The number of anilines is 1. The van der Waals surface area contributed by atoms with Gasteiger partial charge in [0, 0.05) is 31.4 Å². The average molecular weight is 266 g/mol. The number of aromatic nitrogens is 1. The number of nitrogens with one attached hydrogen (secondary N) is 1. The van der Waals surface area contributed by atoms with Gasteiger partial charge in [-0.15, -0.1) is 0 Å². The lowest BCUT2D eigenvalue weighted by Crippen LogP contribution is -2.26. The molecule has 3 nitrogen and oxygen atoms in total. The fourth-order valence-electron chi connectivity index (χ4n) is 2.30. The maximum atomic E-state index is 6.22. The first-order valence-corrected chi connectivity index (χ1v) is 7.30. The van der Waals surface area contributed by atoms with E-state index in [1.54, 1.807) is 6.20 Å². The Morgan fingerprint density at radius 1 is 1.39 bits per heavy atom. The Kier molecular flexibility index (Phi) is 3.44. The van der Waals surface area contributed by atoms with E-state index >= 15 is 0 Å². The van der Waals surface area contributed by atoms with Crippen LogP contribution in [0.5, 0.6) is 0 Å². The van der Waals surface area contributed by atoms with Crippen molar-refractivity contribution in [3.05, 3.63) is 22.8 Å². The quantitative estimate of drug-likeness (QED) is 0.857. The van der Waals surface area contributed by atoms with Crippen molar-refractivity contribution >= 4 is 17.4 Å².